The van der Waals surface area contributed by atoms with Crippen LogP contribution in [0.4, 0.5) is 24.5 Å². The van der Waals surface area contributed by atoms with Crippen molar-refractivity contribution in [2.45, 2.75) is 17.3 Å². The van der Waals surface area contributed by atoms with Crippen molar-refractivity contribution in [3.63, 3.8) is 0 Å². The minimum Gasteiger partial charge on any atom is -0.464 e. The molecular weight excluding hydrogens is 417 g/mol. The van der Waals surface area contributed by atoms with Crippen LogP contribution in [0.3, 0.4) is 0 Å². The van der Waals surface area contributed by atoms with Crippen LogP contribution in [-0.2, 0) is 9.84 Å². The first-order valence-electron chi connectivity index (χ1n) is 9.36. The van der Waals surface area contributed by atoms with Crippen LogP contribution in [0.1, 0.15) is 1.37 Å². The fraction of sp³-hybridized carbons (Fsp3) is 0.238. The van der Waals surface area contributed by atoms with Crippen LogP contribution in [0.25, 0.3) is 0 Å². The Bertz CT molecular complexity index is 1140. The predicted octanol–water partition coefficient (Wildman–Crippen LogP) is 4.38. The zero-order chi connectivity index (χ0) is 23.0. The van der Waals surface area contributed by atoms with Crippen LogP contribution in [0.2, 0.25) is 0 Å². The van der Waals surface area contributed by atoms with Crippen molar-refractivity contribution in [2.24, 2.45) is 0 Å². The van der Waals surface area contributed by atoms with Gasteiger partial charge in [-0.2, -0.15) is 13.2 Å². The summed E-state index contributed by atoms with van der Waals surface area (Å²) in [7, 11) is -0.0179. The number of anilines is 2. The first-order chi connectivity index (χ1) is 14.4. The summed E-state index contributed by atoms with van der Waals surface area (Å²) in [6, 6.07) is 12.0. The zero-order valence-corrected chi connectivity index (χ0v) is 17.3. The van der Waals surface area contributed by atoms with Gasteiger partial charge in [-0.1, -0.05) is 18.2 Å². The Morgan fingerprint density at radius 1 is 1.13 bits per heavy atom. The molecule has 160 valence electrons. The van der Waals surface area contributed by atoms with Gasteiger partial charge in [0.15, 0.2) is 16.1 Å². The van der Waals surface area contributed by atoms with Gasteiger partial charge < -0.3 is 14.5 Å². The van der Waals surface area contributed by atoms with Gasteiger partial charge in [0, 0.05) is 32.2 Å². The highest BCUT2D eigenvalue weighted by Gasteiger charge is 2.36. The number of hydrogen-bond acceptors (Lipinski definition) is 5. The first-order valence-corrected chi connectivity index (χ1v) is 10.8. The summed E-state index contributed by atoms with van der Waals surface area (Å²) < 4.78 is 78.4. The summed E-state index contributed by atoms with van der Waals surface area (Å²) in [6.45, 7) is 0. The monoisotopic (exact) mass is 439 g/mol. The van der Waals surface area contributed by atoms with Crippen LogP contribution in [0, 0.1) is 0 Å². The van der Waals surface area contributed by atoms with Gasteiger partial charge >= 0.3 is 6.18 Å². The Hall–Kier alpha value is -2.94. The lowest BCUT2D eigenvalue weighted by Gasteiger charge is -2.33. The Balaban J connectivity index is 2.12. The number of ether oxygens (including phenoxy) is 1. The number of allylic oxidation sites excluding steroid dienone is 2. The second-order valence-corrected chi connectivity index (χ2v) is 8.92. The molecule has 0 aromatic heterocycles. The molecule has 9 heteroatoms. The molecule has 0 amide bonds. The standard InChI is InChI=1S/C21H21F3N2O3S/c1-25(2)18-9-4-5-10-19(18)29-20-12-11-15(21(22,23)24)14-26(20)16-7-6-8-17(13-16)30(3,27)28/h4-14,20H,1-3H3/i12D. The van der Waals surface area contributed by atoms with E-state index in [0.717, 1.165) is 17.4 Å². The van der Waals surface area contributed by atoms with E-state index in [2.05, 4.69) is 0 Å². The molecule has 1 aliphatic heterocycles. The second kappa shape index (κ2) is 8.06. The van der Waals surface area contributed by atoms with Crippen LogP contribution in [0.15, 0.2) is 77.3 Å². The molecule has 0 aliphatic carbocycles. The lowest BCUT2D eigenvalue weighted by molar-refractivity contribution is -0.0888. The SMILES string of the molecule is [2H]C1=CC(C(F)(F)F)=CN(c2cccc(S(C)(=O)=O)c2)C1Oc1ccccc1N(C)C. The molecule has 1 heterocycles. The molecular formula is C21H21F3N2O3S. The van der Waals surface area contributed by atoms with Gasteiger partial charge in [-0.05, 0) is 42.5 Å². The average Bonchev–Trinajstić information content (AvgIpc) is 2.68. The van der Waals surface area contributed by atoms with Crippen LogP contribution in [-0.4, -0.2) is 41.2 Å². The van der Waals surface area contributed by atoms with Gasteiger partial charge in [0.05, 0.1) is 17.5 Å². The van der Waals surface area contributed by atoms with Crippen LogP contribution < -0.4 is 14.5 Å². The second-order valence-electron chi connectivity index (χ2n) is 6.90. The molecule has 0 spiro atoms. The van der Waals surface area contributed by atoms with E-state index in [9.17, 15) is 21.6 Å². The van der Waals surface area contributed by atoms with Crippen LogP contribution >= 0.6 is 0 Å². The minimum atomic E-state index is -4.69. The number of rotatable bonds is 5. The maximum Gasteiger partial charge on any atom is 0.417 e. The molecule has 5 nitrogen and oxygen atoms in total. The van der Waals surface area contributed by atoms with E-state index in [0.29, 0.717) is 17.5 Å². The molecule has 1 atom stereocenters. The third-order valence-corrected chi connectivity index (χ3v) is 5.48. The predicted molar refractivity (Wildman–Crippen MR) is 110 cm³/mol. The fourth-order valence-corrected chi connectivity index (χ4v) is 3.53. The minimum absolute atomic E-state index is 0.0551. The number of nitrogens with zero attached hydrogens (tertiary/aromatic N) is 2. The van der Waals surface area contributed by atoms with Crippen molar-refractivity contribution in [1.82, 2.24) is 0 Å². The summed E-state index contributed by atoms with van der Waals surface area (Å²) in [5, 5.41) is 0. The Morgan fingerprint density at radius 3 is 2.47 bits per heavy atom. The topological polar surface area (TPSA) is 49.9 Å². The Morgan fingerprint density at radius 2 is 1.83 bits per heavy atom. The van der Waals surface area contributed by atoms with Crippen molar-refractivity contribution >= 4 is 21.2 Å². The molecule has 0 saturated carbocycles. The first kappa shape index (κ1) is 20.3. The van der Waals surface area contributed by atoms with E-state index in [1.165, 1.54) is 24.3 Å². The van der Waals surface area contributed by atoms with E-state index in [-0.39, 0.29) is 10.6 Å². The highest BCUT2D eigenvalue weighted by atomic mass is 32.2. The lowest BCUT2D eigenvalue weighted by atomic mass is 10.1. The molecule has 0 bridgehead atoms. The van der Waals surface area contributed by atoms with Crippen LogP contribution in [0.5, 0.6) is 5.75 Å². The van der Waals surface area contributed by atoms with E-state index < -0.39 is 33.9 Å². The Kier molecular flexibility index (Phi) is 5.46. The molecule has 3 rings (SSSR count). The van der Waals surface area contributed by atoms with Crippen molar-refractivity contribution < 1.29 is 27.7 Å². The molecule has 0 fully saturated rings. The number of sulfone groups is 1. The van der Waals surface area contributed by atoms with E-state index in [1.807, 2.05) is 0 Å². The highest BCUT2D eigenvalue weighted by Crippen LogP contribution is 2.35. The van der Waals surface area contributed by atoms with Gasteiger partial charge in [-0.3, -0.25) is 0 Å². The molecule has 0 saturated heterocycles. The van der Waals surface area contributed by atoms with Gasteiger partial charge in [-0.15, -0.1) is 0 Å². The summed E-state index contributed by atoms with van der Waals surface area (Å²) in [5.41, 5.74) is -0.219. The van der Waals surface area contributed by atoms with E-state index in [4.69, 9.17) is 6.11 Å². The number of para-hydroxylation sites is 2. The third kappa shape index (κ3) is 4.79. The van der Waals surface area contributed by atoms with E-state index >= 15 is 0 Å². The van der Waals surface area contributed by atoms with Gasteiger partial charge in [0.25, 0.3) is 0 Å². The van der Waals surface area contributed by atoms with Crippen molar-refractivity contribution in [2.75, 3.05) is 30.2 Å². The lowest BCUT2D eigenvalue weighted by Crippen LogP contribution is -2.38. The van der Waals surface area contributed by atoms with Gasteiger partial charge in [0.1, 0.15) is 5.75 Å². The third-order valence-electron chi connectivity index (χ3n) is 4.37. The van der Waals surface area contributed by atoms with E-state index in [1.54, 1.807) is 43.3 Å². The number of halogens is 3. The van der Waals surface area contributed by atoms with Gasteiger partial charge in [-0.25, -0.2) is 8.42 Å². The molecule has 2 aromatic carbocycles. The molecule has 0 radical (unpaired) electrons. The molecule has 30 heavy (non-hydrogen) atoms. The number of benzene rings is 2. The summed E-state index contributed by atoms with van der Waals surface area (Å²) in [6.07, 6.45) is -3.38. The van der Waals surface area contributed by atoms with Gasteiger partial charge in [0.2, 0.25) is 0 Å². The average molecular weight is 439 g/mol. The normalized spacial score (nSPS) is 17.7. The molecule has 1 aliphatic rings. The zero-order valence-electron chi connectivity index (χ0n) is 17.5. The maximum atomic E-state index is 13.4. The van der Waals surface area contributed by atoms with Crippen molar-refractivity contribution in [3.05, 3.63) is 72.4 Å². The smallest absolute Gasteiger partial charge is 0.417 e. The summed E-state index contributed by atoms with van der Waals surface area (Å²) >= 11 is 0. The fourth-order valence-electron chi connectivity index (χ4n) is 2.87. The quantitative estimate of drug-likeness (QED) is 0.692. The molecule has 2 aromatic rings. The summed E-state index contributed by atoms with van der Waals surface area (Å²) in [5.74, 6) is 0.365. The maximum absolute atomic E-state index is 13.4. The van der Waals surface area contributed by atoms with Crippen molar-refractivity contribution in [1.29, 1.82) is 0 Å². The largest absolute Gasteiger partial charge is 0.464 e. The molecule has 0 N–H and O–H groups in total. The molecule has 1 unspecified atom stereocenters. The number of hydrogen-bond donors (Lipinski definition) is 0. The highest BCUT2D eigenvalue weighted by molar-refractivity contribution is 7.90. The van der Waals surface area contributed by atoms with Crippen molar-refractivity contribution in [3.8, 4) is 5.75 Å². The number of alkyl halides is 3. The Labute approximate surface area is 175 Å². The summed E-state index contributed by atoms with van der Waals surface area (Å²) in [4.78, 5) is 2.84.